The Morgan fingerprint density at radius 3 is 2.28 bits per heavy atom. The maximum atomic E-state index is 12.8. The summed E-state index contributed by atoms with van der Waals surface area (Å²) < 4.78 is 12.8. The minimum atomic E-state index is -0.230. The van der Waals surface area contributed by atoms with Crippen LogP contribution in [0.3, 0.4) is 0 Å². The van der Waals surface area contributed by atoms with Crippen molar-refractivity contribution in [3.63, 3.8) is 0 Å². The fourth-order valence-corrected chi connectivity index (χ4v) is 1.73. The SMILES string of the molecule is CC(N)Cc1cnc(Cc2ccc(F)cc2)nc1. The second-order valence-corrected chi connectivity index (χ2v) is 4.49. The first-order valence-corrected chi connectivity index (χ1v) is 5.93. The highest BCUT2D eigenvalue weighted by Crippen LogP contribution is 2.08. The Bertz CT molecular complexity index is 491. The fourth-order valence-electron chi connectivity index (χ4n) is 1.73. The molecule has 1 aromatic heterocycles. The first-order chi connectivity index (χ1) is 8.63. The number of hydrogen-bond acceptors (Lipinski definition) is 3. The molecule has 0 aliphatic carbocycles. The van der Waals surface area contributed by atoms with Gasteiger partial charge in [-0.05, 0) is 36.6 Å². The summed E-state index contributed by atoms with van der Waals surface area (Å²) in [6.45, 7) is 1.95. The first-order valence-electron chi connectivity index (χ1n) is 5.93. The first kappa shape index (κ1) is 12.6. The molecule has 0 aliphatic heterocycles. The van der Waals surface area contributed by atoms with E-state index in [0.717, 1.165) is 23.4 Å². The lowest BCUT2D eigenvalue weighted by atomic mass is 10.1. The largest absolute Gasteiger partial charge is 0.328 e. The van der Waals surface area contributed by atoms with Crippen molar-refractivity contribution in [3.05, 3.63) is 59.4 Å². The summed E-state index contributed by atoms with van der Waals surface area (Å²) in [6, 6.07) is 6.49. The van der Waals surface area contributed by atoms with Crippen LogP contribution in [0.5, 0.6) is 0 Å². The molecule has 0 saturated heterocycles. The Hall–Kier alpha value is -1.81. The summed E-state index contributed by atoms with van der Waals surface area (Å²) in [5.41, 5.74) is 7.74. The molecule has 1 aromatic carbocycles. The van der Waals surface area contributed by atoms with Gasteiger partial charge in [0.1, 0.15) is 11.6 Å². The zero-order valence-electron chi connectivity index (χ0n) is 10.3. The van der Waals surface area contributed by atoms with E-state index in [0.29, 0.717) is 6.42 Å². The van der Waals surface area contributed by atoms with E-state index < -0.39 is 0 Å². The maximum Gasteiger partial charge on any atom is 0.132 e. The minimum absolute atomic E-state index is 0.108. The molecule has 3 nitrogen and oxygen atoms in total. The number of hydrogen-bond donors (Lipinski definition) is 1. The van der Waals surface area contributed by atoms with Gasteiger partial charge in [0, 0.05) is 24.9 Å². The van der Waals surface area contributed by atoms with Gasteiger partial charge in [-0.1, -0.05) is 12.1 Å². The number of nitrogens with two attached hydrogens (primary N) is 1. The lowest BCUT2D eigenvalue weighted by Gasteiger charge is -2.05. The van der Waals surface area contributed by atoms with Crippen LogP contribution in [0.4, 0.5) is 4.39 Å². The minimum Gasteiger partial charge on any atom is -0.328 e. The van der Waals surface area contributed by atoms with Crippen LogP contribution in [0.15, 0.2) is 36.7 Å². The number of nitrogens with zero attached hydrogens (tertiary/aromatic N) is 2. The highest BCUT2D eigenvalue weighted by atomic mass is 19.1. The third-order valence-corrected chi connectivity index (χ3v) is 2.59. The van der Waals surface area contributed by atoms with Gasteiger partial charge in [0.05, 0.1) is 0 Å². The molecule has 1 unspecified atom stereocenters. The Labute approximate surface area is 106 Å². The third kappa shape index (κ3) is 3.60. The Morgan fingerprint density at radius 1 is 1.11 bits per heavy atom. The van der Waals surface area contributed by atoms with Crippen LogP contribution in [-0.4, -0.2) is 16.0 Å². The van der Waals surface area contributed by atoms with Crippen molar-refractivity contribution < 1.29 is 4.39 Å². The number of benzene rings is 1. The second-order valence-electron chi connectivity index (χ2n) is 4.49. The zero-order chi connectivity index (χ0) is 13.0. The smallest absolute Gasteiger partial charge is 0.132 e. The topological polar surface area (TPSA) is 51.8 Å². The predicted molar refractivity (Wildman–Crippen MR) is 68.6 cm³/mol. The van der Waals surface area contributed by atoms with Crippen LogP contribution in [0.25, 0.3) is 0 Å². The van der Waals surface area contributed by atoms with Crippen LogP contribution in [-0.2, 0) is 12.8 Å². The lowest BCUT2D eigenvalue weighted by Crippen LogP contribution is -2.18. The summed E-state index contributed by atoms with van der Waals surface area (Å²) in [4.78, 5) is 8.58. The van der Waals surface area contributed by atoms with Crippen molar-refractivity contribution in [2.75, 3.05) is 0 Å². The van der Waals surface area contributed by atoms with E-state index in [2.05, 4.69) is 9.97 Å². The Balaban J connectivity index is 2.04. The van der Waals surface area contributed by atoms with Gasteiger partial charge in [0.25, 0.3) is 0 Å². The van der Waals surface area contributed by atoms with Crippen LogP contribution in [0.1, 0.15) is 23.9 Å². The number of halogens is 1. The van der Waals surface area contributed by atoms with Gasteiger partial charge in [0.15, 0.2) is 0 Å². The van der Waals surface area contributed by atoms with E-state index in [1.54, 1.807) is 24.5 Å². The van der Waals surface area contributed by atoms with Crippen LogP contribution >= 0.6 is 0 Å². The summed E-state index contributed by atoms with van der Waals surface area (Å²) >= 11 is 0. The van der Waals surface area contributed by atoms with E-state index >= 15 is 0 Å². The molecule has 2 rings (SSSR count). The molecular formula is C14H16FN3. The van der Waals surface area contributed by atoms with Gasteiger partial charge < -0.3 is 5.73 Å². The molecule has 1 heterocycles. The van der Waals surface area contributed by atoms with Gasteiger partial charge in [-0.15, -0.1) is 0 Å². The van der Waals surface area contributed by atoms with Crippen molar-refractivity contribution >= 4 is 0 Å². The Kier molecular flexibility index (Phi) is 3.99. The molecule has 2 aromatic rings. The highest BCUT2D eigenvalue weighted by Gasteiger charge is 2.02. The van der Waals surface area contributed by atoms with Gasteiger partial charge in [-0.2, -0.15) is 0 Å². The molecule has 0 amide bonds. The molecule has 0 aliphatic rings. The average molecular weight is 245 g/mol. The zero-order valence-corrected chi connectivity index (χ0v) is 10.3. The molecule has 0 bridgehead atoms. The van der Waals surface area contributed by atoms with Crippen molar-refractivity contribution in [2.45, 2.75) is 25.8 Å². The van der Waals surface area contributed by atoms with Crippen LogP contribution in [0, 0.1) is 5.82 Å². The highest BCUT2D eigenvalue weighted by molar-refractivity contribution is 5.20. The molecule has 0 fully saturated rings. The van der Waals surface area contributed by atoms with E-state index in [4.69, 9.17) is 5.73 Å². The normalized spacial score (nSPS) is 12.4. The van der Waals surface area contributed by atoms with Crippen molar-refractivity contribution in [3.8, 4) is 0 Å². The summed E-state index contributed by atoms with van der Waals surface area (Å²) in [6.07, 6.45) is 4.99. The molecule has 1 atom stereocenters. The summed E-state index contributed by atoms with van der Waals surface area (Å²) in [5.74, 6) is 0.502. The second kappa shape index (κ2) is 5.69. The monoisotopic (exact) mass is 245 g/mol. The van der Waals surface area contributed by atoms with E-state index in [9.17, 15) is 4.39 Å². The molecule has 94 valence electrons. The fraction of sp³-hybridized carbons (Fsp3) is 0.286. The van der Waals surface area contributed by atoms with E-state index in [-0.39, 0.29) is 11.9 Å². The quantitative estimate of drug-likeness (QED) is 0.897. The van der Waals surface area contributed by atoms with E-state index in [1.807, 2.05) is 6.92 Å². The number of aromatic nitrogens is 2. The molecule has 0 radical (unpaired) electrons. The Morgan fingerprint density at radius 2 is 1.72 bits per heavy atom. The van der Waals surface area contributed by atoms with Crippen molar-refractivity contribution in [1.29, 1.82) is 0 Å². The van der Waals surface area contributed by atoms with Gasteiger partial charge in [0.2, 0.25) is 0 Å². The van der Waals surface area contributed by atoms with E-state index in [1.165, 1.54) is 12.1 Å². The molecule has 4 heteroatoms. The molecular weight excluding hydrogens is 229 g/mol. The molecule has 0 spiro atoms. The average Bonchev–Trinajstić information content (AvgIpc) is 2.34. The van der Waals surface area contributed by atoms with Gasteiger partial charge >= 0.3 is 0 Å². The van der Waals surface area contributed by atoms with Crippen molar-refractivity contribution in [1.82, 2.24) is 9.97 Å². The van der Waals surface area contributed by atoms with Crippen LogP contribution < -0.4 is 5.73 Å². The molecule has 2 N–H and O–H groups in total. The lowest BCUT2D eigenvalue weighted by molar-refractivity contribution is 0.627. The van der Waals surface area contributed by atoms with Crippen molar-refractivity contribution in [2.24, 2.45) is 5.73 Å². The maximum absolute atomic E-state index is 12.8. The third-order valence-electron chi connectivity index (χ3n) is 2.59. The summed E-state index contributed by atoms with van der Waals surface area (Å²) in [5, 5.41) is 0. The molecule has 0 saturated carbocycles. The summed E-state index contributed by atoms with van der Waals surface area (Å²) in [7, 11) is 0. The predicted octanol–water partition coefficient (Wildman–Crippen LogP) is 2.10. The van der Waals surface area contributed by atoms with Gasteiger partial charge in [-0.25, -0.2) is 14.4 Å². The van der Waals surface area contributed by atoms with Gasteiger partial charge in [-0.3, -0.25) is 0 Å². The molecule has 18 heavy (non-hydrogen) atoms. The standard InChI is InChI=1S/C14H16FN3/c1-10(16)6-12-8-17-14(18-9-12)7-11-2-4-13(15)5-3-11/h2-5,8-10H,6-7,16H2,1H3. The number of rotatable bonds is 4. The van der Waals surface area contributed by atoms with Crippen LogP contribution in [0.2, 0.25) is 0 Å².